The lowest BCUT2D eigenvalue weighted by Crippen LogP contribution is -2.49. The standard InChI is InChI=1S/C15H32N2/c1-6-13-10-8-7-9-11-17(13)12-14(16-5)15(2,3)4/h13-14,16H,6-12H2,1-5H3. The summed E-state index contributed by atoms with van der Waals surface area (Å²) in [5, 5.41) is 3.51. The van der Waals surface area contributed by atoms with Crippen molar-refractivity contribution in [3.05, 3.63) is 0 Å². The average Bonchev–Trinajstić information content (AvgIpc) is 2.48. The molecule has 2 atom stereocenters. The van der Waals surface area contributed by atoms with Crippen LogP contribution in [0.2, 0.25) is 0 Å². The molecule has 1 rings (SSSR count). The monoisotopic (exact) mass is 240 g/mol. The second-order valence-corrected chi connectivity index (χ2v) is 6.61. The number of hydrogen-bond acceptors (Lipinski definition) is 2. The summed E-state index contributed by atoms with van der Waals surface area (Å²) in [4.78, 5) is 2.74. The van der Waals surface area contributed by atoms with Crippen LogP contribution < -0.4 is 5.32 Å². The molecule has 1 aliphatic rings. The van der Waals surface area contributed by atoms with Crippen molar-refractivity contribution in [2.24, 2.45) is 5.41 Å². The molecule has 102 valence electrons. The third-order valence-electron chi connectivity index (χ3n) is 4.28. The number of rotatable bonds is 4. The van der Waals surface area contributed by atoms with Gasteiger partial charge < -0.3 is 5.32 Å². The van der Waals surface area contributed by atoms with E-state index in [0.717, 1.165) is 6.04 Å². The van der Waals surface area contributed by atoms with Crippen molar-refractivity contribution in [3.8, 4) is 0 Å². The number of hydrogen-bond donors (Lipinski definition) is 1. The zero-order valence-corrected chi connectivity index (χ0v) is 12.6. The molecule has 0 aromatic heterocycles. The Balaban J connectivity index is 2.61. The van der Waals surface area contributed by atoms with Crippen LogP contribution in [0, 0.1) is 5.41 Å². The third-order valence-corrected chi connectivity index (χ3v) is 4.28. The molecule has 2 nitrogen and oxygen atoms in total. The van der Waals surface area contributed by atoms with Crippen molar-refractivity contribution in [2.75, 3.05) is 20.1 Å². The number of likely N-dealkylation sites (N-methyl/N-ethyl adjacent to an activating group) is 1. The Morgan fingerprint density at radius 3 is 2.47 bits per heavy atom. The zero-order chi connectivity index (χ0) is 12.9. The van der Waals surface area contributed by atoms with Gasteiger partial charge in [0.2, 0.25) is 0 Å². The van der Waals surface area contributed by atoms with E-state index in [-0.39, 0.29) is 0 Å². The van der Waals surface area contributed by atoms with E-state index in [2.05, 4.69) is 45.0 Å². The van der Waals surface area contributed by atoms with Crippen LogP contribution in [-0.2, 0) is 0 Å². The van der Waals surface area contributed by atoms with E-state index in [9.17, 15) is 0 Å². The van der Waals surface area contributed by atoms with Gasteiger partial charge in [0, 0.05) is 18.6 Å². The van der Waals surface area contributed by atoms with E-state index in [1.54, 1.807) is 0 Å². The first-order valence-corrected chi connectivity index (χ1v) is 7.40. The van der Waals surface area contributed by atoms with Crippen LogP contribution >= 0.6 is 0 Å². The topological polar surface area (TPSA) is 15.3 Å². The van der Waals surface area contributed by atoms with Crippen LogP contribution in [0.1, 0.15) is 59.8 Å². The van der Waals surface area contributed by atoms with E-state index in [0.29, 0.717) is 11.5 Å². The van der Waals surface area contributed by atoms with Gasteiger partial charge in [-0.2, -0.15) is 0 Å². The first-order chi connectivity index (χ1) is 7.99. The maximum atomic E-state index is 3.51. The van der Waals surface area contributed by atoms with Gasteiger partial charge in [0.1, 0.15) is 0 Å². The molecule has 17 heavy (non-hydrogen) atoms. The smallest absolute Gasteiger partial charge is 0.0240 e. The highest BCUT2D eigenvalue weighted by molar-refractivity contribution is 4.85. The molecule has 1 saturated heterocycles. The molecular formula is C15H32N2. The summed E-state index contributed by atoms with van der Waals surface area (Å²) in [6.07, 6.45) is 6.94. The second-order valence-electron chi connectivity index (χ2n) is 6.61. The van der Waals surface area contributed by atoms with Gasteiger partial charge in [0.05, 0.1) is 0 Å². The largest absolute Gasteiger partial charge is 0.315 e. The van der Waals surface area contributed by atoms with Crippen LogP contribution in [0.3, 0.4) is 0 Å². The molecule has 0 spiro atoms. The molecule has 1 aliphatic heterocycles. The van der Waals surface area contributed by atoms with Gasteiger partial charge in [0.25, 0.3) is 0 Å². The lowest BCUT2D eigenvalue weighted by molar-refractivity contribution is 0.136. The number of likely N-dealkylation sites (tertiary alicyclic amines) is 1. The number of nitrogens with one attached hydrogen (secondary N) is 1. The SMILES string of the molecule is CCC1CCCCCN1CC(NC)C(C)(C)C. The van der Waals surface area contributed by atoms with Crippen LogP contribution in [-0.4, -0.2) is 37.1 Å². The molecule has 2 unspecified atom stereocenters. The van der Waals surface area contributed by atoms with Crippen LogP contribution in [0.5, 0.6) is 0 Å². The highest BCUT2D eigenvalue weighted by Crippen LogP contribution is 2.24. The Kier molecular flexibility index (Phi) is 5.94. The van der Waals surface area contributed by atoms with E-state index >= 15 is 0 Å². The molecule has 1 fully saturated rings. The quantitative estimate of drug-likeness (QED) is 0.811. The van der Waals surface area contributed by atoms with Gasteiger partial charge in [-0.05, 0) is 38.3 Å². The van der Waals surface area contributed by atoms with Gasteiger partial charge in [-0.15, -0.1) is 0 Å². The van der Waals surface area contributed by atoms with Gasteiger partial charge in [-0.1, -0.05) is 40.5 Å². The number of nitrogens with zero attached hydrogens (tertiary/aromatic N) is 1. The minimum atomic E-state index is 0.347. The van der Waals surface area contributed by atoms with Crippen LogP contribution in [0.4, 0.5) is 0 Å². The van der Waals surface area contributed by atoms with E-state index in [1.807, 2.05) is 0 Å². The predicted molar refractivity (Wildman–Crippen MR) is 76.4 cm³/mol. The van der Waals surface area contributed by atoms with Crippen molar-refractivity contribution in [3.63, 3.8) is 0 Å². The highest BCUT2D eigenvalue weighted by atomic mass is 15.2. The van der Waals surface area contributed by atoms with Crippen molar-refractivity contribution in [2.45, 2.75) is 71.9 Å². The van der Waals surface area contributed by atoms with Crippen molar-refractivity contribution >= 4 is 0 Å². The molecule has 0 amide bonds. The molecule has 0 radical (unpaired) electrons. The lowest BCUT2D eigenvalue weighted by Gasteiger charge is -2.38. The Labute approximate surface area is 108 Å². The Hall–Kier alpha value is -0.0800. The summed E-state index contributed by atoms with van der Waals surface area (Å²) in [5.41, 5.74) is 0.347. The lowest BCUT2D eigenvalue weighted by atomic mass is 9.86. The summed E-state index contributed by atoms with van der Waals surface area (Å²) in [5.74, 6) is 0. The molecule has 0 aliphatic carbocycles. The van der Waals surface area contributed by atoms with Crippen LogP contribution in [0.25, 0.3) is 0 Å². The third kappa shape index (κ3) is 4.59. The highest BCUT2D eigenvalue weighted by Gasteiger charge is 2.28. The van der Waals surface area contributed by atoms with Gasteiger partial charge >= 0.3 is 0 Å². The first kappa shape index (κ1) is 15.0. The molecule has 1 N–H and O–H groups in total. The molecule has 0 aromatic carbocycles. The molecular weight excluding hydrogens is 208 g/mol. The van der Waals surface area contributed by atoms with Crippen molar-refractivity contribution in [1.82, 2.24) is 10.2 Å². The first-order valence-electron chi connectivity index (χ1n) is 7.40. The maximum Gasteiger partial charge on any atom is 0.0240 e. The van der Waals surface area contributed by atoms with Crippen LogP contribution in [0.15, 0.2) is 0 Å². The minimum absolute atomic E-state index is 0.347. The van der Waals surface area contributed by atoms with Gasteiger partial charge in [0.15, 0.2) is 0 Å². The van der Waals surface area contributed by atoms with E-state index in [4.69, 9.17) is 0 Å². The average molecular weight is 240 g/mol. The maximum absolute atomic E-state index is 3.51. The summed E-state index contributed by atoms with van der Waals surface area (Å²) in [6, 6.07) is 1.41. The van der Waals surface area contributed by atoms with E-state index in [1.165, 1.54) is 45.2 Å². The molecule has 1 heterocycles. The summed E-state index contributed by atoms with van der Waals surface area (Å²) in [6.45, 7) is 11.9. The molecule has 0 aromatic rings. The minimum Gasteiger partial charge on any atom is -0.315 e. The Morgan fingerprint density at radius 1 is 1.24 bits per heavy atom. The molecule has 0 bridgehead atoms. The Bertz CT molecular complexity index is 207. The van der Waals surface area contributed by atoms with Gasteiger partial charge in [-0.25, -0.2) is 0 Å². The normalized spacial score (nSPS) is 25.6. The predicted octanol–water partition coefficient (Wildman–Crippen LogP) is 3.28. The second kappa shape index (κ2) is 6.75. The van der Waals surface area contributed by atoms with Crippen molar-refractivity contribution < 1.29 is 0 Å². The summed E-state index contributed by atoms with van der Waals surface area (Å²) in [7, 11) is 2.11. The Morgan fingerprint density at radius 2 is 1.94 bits per heavy atom. The fraction of sp³-hybridized carbons (Fsp3) is 1.00. The fourth-order valence-corrected chi connectivity index (χ4v) is 2.97. The molecule has 2 heteroatoms. The summed E-state index contributed by atoms with van der Waals surface area (Å²) < 4.78 is 0. The van der Waals surface area contributed by atoms with Crippen molar-refractivity contribution in [1.29, 1.82) is 0 Å². The zero-order valence-electron chi connectivity index (χ0n) is 12.6. The van der Waals surface area contributed by atoms with Gasteiger partial charge in [-0.3, -0.25) is 4.90 Å². The fourth-order valence-electron chi connectivity index (χ4n) is 2.97. The van der Waals surface area contributed by atoms with E-state index < -0.39 is 0 Å². The summed E-state index contributed by atoms with van der Waals surface area (Å²) >= 11 is 0. The molecule has 0 saturated carbocycles.